The second kappa shape index (κ2) is 3.79. The van der Waals surface area contributed by atoms with E-state index in [1.165, 1.54) is 0 Å². The molecule has 0 radical (unpaired) electrons. The Morgan fingerprint density at radius 1 is 1.53 bits per heavy atom. The fourth-order valence-corrected chi connectivity index (χ4v) is 1.92. The highest BCUT2D eigenvalue weighted by Gasteiger charge is 2.36. The van der Waals surface area contributed by atoms with Crippen LogP contribution in [-0.4, -0.2) is 40.8 Å². The normalized spacial score (nSPS) is 19.7. The molecule has 0 aromatic carbocycles. The van der Waals surface area contributed by atoms with Crippen LogP contribution in [0.25, 0.3) is 0 Å². The van der Waals surface area contributed by atoms with Crippen molar-refractivity contribution in [3.05, 3.63) is 23.9 Å². The number of ether oxygens (including phenoxy) is 1. The van der Waals surface area contributed by atoms with Crippen LogP contribution in [0, 0.1) is 0 Å². The lowest BCUT2D eigenvalue weighted by atomic mass is 9.97. The van der Waals surface area contributed by atoms with E-state index < -0.39 is 5.60 Å². The summed E-state index contributed by atoms with van der Waals surface area (Å²) in [6, 6.07) is 5.73. The van der Waals surface area contributed by atoms with Gasteiger partial charge < -0.3 is 9.84 Å². The van der Waals surface area contributed by atoms with Crippen LogP contribution in [-0.2, 0) is 6.54 Å². The van der Waals surface area contributed by atoms with Crippen LogP contribution in [0.2, 0.25) is 0 Å². The number of β-amino-alcohol motifs (C(OH)–C–C–N with tert-alkyl or cyclic N) is 1. The van der Waals surface area contributed by atoms with Gasteiger partial charge >= 0.3 is 0 Å². The molecular weight excluding hydrogens is 192 g/mol. The van der Waals surface area contributed by atoms with Gasteiger partial charge in [0.25, 0.3) is 0 Å². The molecule has 2 heterocycles. The molecule has 4 heteroatoms. The lowest BCUT2D eigenvalue weighted by Gasteiger charge is -2.44. The first-order valence-corrected chi connectivity index (χ1v) is 5.04. The molecule has 1 aliphatic rings. The van der Waals surface area contributed by atoms with E-state index in [1.807, 2.05) is 25.1 Å². The van der Waals surface area contributed by atoms with Crippen LogP contribution in [0.3, 0.4) is 0 Å². The Bertz CT molecular complexity index is 344. The topological polar surface area (TPSA) is 45.6 Å². The molecule has 0 spiro atoms. The predicted molar refractivity (Wildman–Crippen MR) is 56.7 cm³/mol. The maximum absolute atomic E-state index is 9.58. The molecule has 2 rings (SSSR count). The van der Waals surface area contributed by atoms with E-state index in [2.05, 4.69) is 9.88 Å². The summed E-state index contributed by atoms with van der Waals surface area (Å²) in [7, 11) is 1.61. The van der Waals surface area contributed by atoms with Crippen molar-refractivity contribution in [1.29, 1.82) is 0 Å². The quantitative estimate of drug-likeness (QED) is 0.792. The number of nitrogens with zero attached hydrogens (tertiary/aromatic N) is 2. The number of likely N-dealkylation sites (tertiary alicyclic amines) is 1. The second-order valence-corrected chi connectivity index (χ2v) is 4.31. The van der Waals surface area contributed by atoms with Gasteiger partial charge in [-0.15, -0.1) is 0 Å². The highest BCUT2D eigenvalue weighted by molar-refractivity contribution is 5.16. The van der Waals surface area contributed by atoms with Gasteiger partial charge in [0.2, 0.25) is 5.88 Å². The van der Waals surface area contributed by atoms with Gasteiger partial charge in [0.1, 0.15) is 0 Å². The summed E-state index contributed by atoms with van der Waals surface area (Å²) in [5.74, 6) is 0.639. The van der Waals surface area contributed by atoms with E-state index in [-0.39, 0.29) is 0 Å². The molecule has 1 fully saturated rings. The Balaban J connectivity index is 1.94. The molecule has 4 nitrogen and oxygen atoms in total. The summed E-state index contributed by atoms with van der Waals surface area (Å²) in [6.07, 6.45) is 0. The summed E-state index contributed by atoms with van der Waals surface area (Å²) in [6.45, 7) is 4.05. The van der Waals surface area contributed by atoms with Gasteiger partial charge in [-0.3, -0.25) is 4.90 Å². The zero-order valence-electron chi connectivity index (χ0n) is 9.10. The third-order valence-corrected chi connectivity index (χ3v) is 2.50. The fraction of sp³-hybridized carbons (Fsp3) is 0.545. The number of methoxy groups -OCH3 is 1. The predicted octanol–water partition coefficient (Wildman–Crippen LogP) is 0.657. The molecule has 0 unspecified atom stereocenters. The van der Waals surface area contributed by atoms with Crippen molar-refractivity contribution in [1.82, 2.24) is 9.88 Å². The maximum Gasteiger partial charge on any atom is 0.213 e. The summed E-state index contributed by atoms with van der Waals surface area (Å²) in [5, 5.41) is 9.58. The zero-order chi connectivity index (χ0) is 10.9. The number of aromatic nitrogens is 1. The molecular formula is C11H16N2O2. The van der Waals surface area contributed by atoms with Crippen LogP contribution >= 0.6 is 0 Å². The number of rotatable bonds is 3. The van der Waals surface area contributed by atoms with Crippen molar-refractivity contribution >= 4 is 0 Å². The molecule has 1 N–H and O–H groups in total. The number of hydrogen-bond acceptors (Lipinski definition) is 4. The molecule has 0 aliphatic carbocycles. The molecule has 15 heavy (non-hydrogen) atoms. The summed E-state index contributed by atoms with van der Waals surface area (Å²) in [4.78, 5) is 6.47. The third kappa shape index (κ3) is 2.46. The molecule has 0 atom stereocenters. The molecule has 0 amide bonds. The molecule has 1 saturated heterocycles. The standard InChI is InChI=1S/C11H16N2O2/c1-11(14)7-13(8-11)6-9-4-3-5-10(12-9)15-2/h3-5,14H,6-8H2,1-2H3. The van der Waals surface area contributed by atoms with E-state index in [0.717, 1.165) is 12.2 Å². The van der Waals surface area contributed by atoms with Gasteiger partial charge in [-0.2, -0.15) is 0 Å². The van der Waals surface area contributed by atoms with Crippen molar-refractivity contribution in [2.24, 2.45) is 0 Å². The average molecular weight is 208 g/mol. The zero-order valence-corrected chi connectivity index (χ0v) is 9.10. The lowest BCUT2D eigenvalue weighted by Crippen LogP contribution is -2.59. The van der Waals surface area contributed by atoms with Gasteiger partial charge in [0.05, 0.1) is 18.4 Å². The van der Waals surface area contributed by atoms with Gasteiger partial charge in [-0.25, -0.2) is 4.98 Å². The van der Waals surface area contributed by atoms with Crippen LogP contribution in [0.15, 0.2) is 18.2 Å². The van der Waals surface area contributed by atoms with Crippen molar-refractivity contribution in [3.8, 4) is 5.88 Å². The Morgan fingerprint density at radius 3 is 2.87 bits per heavy atom. The second-order valence-electron chi connectivity index (χ2n) is 4.31. The number of aliphatic hydroxyl groups is 1. The summed E-state index contributed by atoms with van der Waals surface area (Å²) >= 11 is 0. The molecule has 0 bridgehead atoms. The van der Waals surface area contributed by atoms with Crippen molar-refractivity contribution in [2.75, 3.05) is 20.2 Å². The number of pyridine rings is 1. The van der Waals surface area contributed by atoms with E-state index in [1.54, 1.807) is 7.11 Å². The van der Waals surface area contributed by atoms with Gasteiger partial charge in [-0.05, 0) is 13.0 Å². The Labute approximate surface area is 89.5 Å². The summed E-state index contributed by atoms with van der Waals surface area (Å²) < 4.78 is 5.05. The first-order valence-electron chi connectivity index (χ1n) is 5.04. The fourth-order valence-electron chi connectivity index (χ4n) is 1.92. The molecule has 1 aromatic rings. The van der Waals surface area contributed by atoms with Gasteiger partial charge in [-0.1, -0.05) is 6.07 Å². The van der Waals surface area contributed by atoms with E-state index in [0.29, 0.717) is 19.0 Å². The first-order chi connectivity index (χ1) is 7.09. The van der Waals surface area contributed by atoms with E-state index in [9.17, 15) is 5.11 Å². The minimum Gasteiger partial charge on any atom is -0.481 e. The van der Waals surface area contributed by atoms with Crippen LogP contribution < -0.4 is 4.74 Å². The lowest BCUT2D eigenvalue weighted by molar-refractivity contribution is -0.0875. The maximum atomic E-state index is 9.58. The highest BCUT2D eigenvalue weighted by atomic mass is 16.5. The Kier molecular flexibility index (Phi) is 2.63. The first kappa shape index (κ1) is 10.4. The number of hydrogen-bond donors (Lipinski definition) is 1. The van der Waals surface area contributed by atoms with E-state index >= 15 is 0 Å². The van der Waals surface area contributed by atoms with Crippen molar-refractivity contribution in [3.63, 3.8) is 0 Å². The van der Waals surface area contributed by atoms with Crippen LogP contribution in [0.1, 0.15) is 12.6 Å². The van der Waals surface area contributed by atoms with Crippen molar-refractivity contribution < 1.29 is 9.84 Å². The largest absolute Gasteiger partial charge is 0.481 e. The monoisotopic (exact) mass is 208 g/mol. The van der Waals surface area contributed by atoms with Crippen LogP contribution in [0.4, 0.5) is 0 Å². The average Bonchev–Trinajstić information content (AvgIpc) is 2.15. The van der Waals surface area contributed by atoms with E-state index in [4.69, 9.17) is 4.74 Å². The molecule has 82 valence electrons. The van der Waals surface area contributed by atoms with Gasteiger partial charge in [0.15, 0.2) is 0 Å². The van der Waals surface area contributed by atoms with Crippen LogP contribution in [0.5, 0.6) is 5.88 Å². The molecule has 1 aromatic heterocycles. The summed E-state index contributed by atoms with van der Waals surface area (Å²) in [5.41, 5.74) is 0.462. The SMILES string of the molecule is COc1cccc(CN2CC(C)(O)C2)n1. The third-order valence-electron chi connectivity index (χ3n) is 2.50. The molecule has 1 aliphatic heterocycles. The Morgan fingerprint density at radius 2 is 2.27 bits per heavy atom. The minimum atomic E-state index is -0.515. The highest BCUT2D eigenvalue weighted by Crippen LogP contribution is 2.21. The molecule has 0 saturated carbocycles. The minimum absolute atomic E-state index is 0.515. The smallest absolute Gasteiger partial charge is 0.213 e. The Hall–Kier alpha value is -1.13. The van der Waals surface area contributed by atoms with Gasteiger partial charge in [0, 0.05) is 25.7 Å². The van der Waals surface area contributed by atoms with Crippen molar-refractivity contribution in [2.45, 2.75) is 19.1 Å².